The highest BCUT2D eigenvalue weighted by atomic mass is 16.5. The van der Waals surface area contributed by atoms with Gasteiger partial charge in [0, 0.05) is 43.6 Å². The second-order valence-corrected chi connectivity index (χ2v) is 8.56. The first kappa shape index (κ1) is 17.5. The third kappa shape index (κ3) is 3.13. The van der Waals surface area contributed by atoms with Crippen molar-refractivity contribution < 1.29 is 4.74 Å². The van der Waals surface area contributed by atoms with E-state index >= 15 is 0 Å². The quantitative estimate of drug-likeness (QED) is 0.847. The predicted octanol–water partition coefficient (Wildman–Crippen LogP) is 3.04. The molecule has 1 aromatic rings. The predicted molar refractivity (Wildman–Crippen MR) is 102 cm³/mol. The molecule has 2 fully saturated rings. The molecule has 1 aromatic heterocycles. The van der Waals surface area contributed by atoms with Gasteiger partial charge in [0.05, 0.1) is 23.5 Å². The van der Waals surface area contributed by atoms with Gasteiger partial charge in [0.1, 0.15) is 11.9 Å². The van der Waals surface area contributed by atoms with Gasteiger partial charge in [0.2, 0.25) is 0 Å². The number of nitrogens with one attached hydrogen (secondary N) is 1. The molecule has 5 nitrogen and oxygen atoms in total. The van der Waals surface area contributed by atoms with Crippen molar-refractivity contribution in [2.75, 3.05) is 24.5 Å². The highest BCUT2D eigenvalue weighted by Crippen LogP contribution is 2.45. The number of rotatable bonds is 3. The van der Waals surface area contributed by atoms with Crippen LogP contribution in [0, 0.1) is 11.3 Å². The van der Waals surface area contributed by atoms with E-state index in [2.05, 4.69) is 43.6 Å². The second kappa shape index (κ2) is 6.37. The number of aromatic nitrogens is 1. The molecular formula is C21H28N4O. The Morgan fingerprint density at radius 2 is 2.15 bits per heavy atom. The summed E-state index contributed by atoms with van der Waals surface area (Å²) < 4.78 is 6.06. The molecule has 3 aliphatic rings. The number of fused-ring (bicyclic) bond motifs is 1. The van der Waals surface area contributed by atoms with Crippen molar-refractivity contribution in [2.24, 2.45) is 0 Å². The summed E-state index contributed by atoms with van der Waals surface area (Å²) in [7, 11) is 0. The molecule has 1 atom stereocenters. The fourth-order valence-electron chi connectivity index (χ4n) is 4.09. The summed E-state index contributed by atoms with van der Waals surface area (Å²) >= 11 is 0. The number of piperazine rings is 1. The average Bonchev–Trinajstić information content (AvgIpc) is 3.44. The van der Waals surface area contributed by atoms with Crippen LogP contribution in [0.25, 0.3) is 0 Å². The molecule has 26 heavy (non-hydrogen) atoms. The van der Waals surface area contributed by atoms with Crippen LogP contribution in [0.1, 0.15) is 61.9 Å². The molecule has 0 aromatic carbocycles. The van der Waals surface area contributed by atoms with E-state index in [1.165, 1.54) is 29.7 Å². The van der Waals surface area contributed by atoms with E-state index in [0.717, 1.165) is 43.0 Å². The van der Waals surface area contributed by atoms with E-state index in [9.17, 15) is 5.26 Å². The van der Waals surface area contributed by atoms with Crippen LogP contribution >= 0.6 is 0 Å². The fraction of sp³-hybridized carbons (Fsp3) is 0.619. The molecule has 2 aliphatic heterocycles. The van der Waals surface area contributed by atoms with Crippen molar-refractivity contribution in [2.45, 2.75) is 64.2 Å². The van der Waals surface area contributed by atoms with E-state index in [-0.39, 0.29) is 11.6 Å². The van der Waals surface area contributed by atoms with Crippen LogP contribution in [0.3, 0.4) is 0 Å². The van der Waals surface area contributed by atoms with Gasteiger partial charge in [-0.25, -0.2) is 4.98 Å². The lowest BCUT2D eigenvalue weighted by Crippen LogP contribution is -2.51. The number of nitrogens with zero attached hydrogens (tertiary/aromatic N) is 3. The summed E-state index contributed by atoms with van der Waals surface area (Å²) in [6.45, 7) is 13.5. The lowest BCUT2D eigenvalue weighted by molar-refractivity contribution is -0.0407. The van der Waals surface area contributed by atoms with Crippen molar-refractivity contribution >= 4 is 5.82 Å². The normalized spacial score (nSPS) is 24.7. The summed E-state index contributed by atoms with van der Waals surface area (Å²) in [5.41, 5.74) is 5.17. The lowest BCUT2D eigenvalue weighted by atomic mass is 9.87. The molecule has 1 saturated heterocycles. The van der Waals surface area contributed by atoms with Crippen molar-refractivity contribution in [1.82, 2.24) is 10.3 Å². The zero-order valence-electron chi connectivity index (χ0n) is 16.1. The largest absolute Gasteiger partial charge is 0.370 e. The zero-order chi connectivity index (χ0) is 18.5. The molecule has 1 aliphatic carbocycles. The molecular weight excluding hydrogens is 324 g/mol. The summed E-state index contributed by atoms with van der Waals surface area (Å²) in [5, 5.41) is 13.5. The van der Waals surface area contributed by atoms with Crippen LogP contribution in [0.4, 0.5) is 5.82 Å². The smallest absolute Gasteiger partial charge is 0.147 e. The monoisotopic (exact) mass is 352 g/mol. The number of hydrogen-bond donors (Lipinski definition) is 1. The number of pyridine rings is 1. The third-order valence-corrected chi connectivity index (χ3v) is 5.78. The molecule has 138 valence electrons. The molecule has 4 rings (SSSR count). The van der Waals surface area contributed by atoms with E-state index in [4.69, 9.17) is 9.72 Å². The SMILES string of the molecule is C=C(C)C1CN(c2nc(C3CC3)c3c(c2C#N)CC(C)(C)OC3)CCN1. The maximum absolute atomic E-state index is 10.0. The van der Waals surface area contributed by atoms with Gasteiger partial charge >= 0.3 is 0 Å². The number of nitriles is 1. The average molecular weight is 352 g/mol. The van der Waals surface area contributed by atoms with Crippen LogP contribution in [-0.4, -0.2) is 36.3 Å². The Hall–Kier alpha value is -1.90. The van der Waals surface area contributed by atoms with Crippen molar-refractivity contribution in [3.05, 3.63) is 34.5 Å². The van der Waals surface area contributed by atoms with Gasteiger partial charge < -0.3 is 15.0 Å². The van der Waals surface area contributed by atoms with E-state index in [1.807, 2.05) is 0 Å². The van der Waals surface area contributed by atoms with Crippen molar-refractivity contribution in [3.8, 4) is 6.07 Å². The van der Waals surface area contributed by atoms with Gasteiger partial charge in [0.25, 0.3) is 0 Å². The van der Waals surface area contributed by atoms with Crippen LogP contribution in [-0.2, 0) is 17.8 Å². The summed E-state index contributed by atoms with van der Waals surface area (Å²) in [6, 6.07) is 2.73. The van der Waals surface area contributed by atoms with Crippen molar-refractivity contribution in [1.29, 1.82) is 5.26 Å². The molecule has 3 heterocycles. The Kier molecular flexibility index (Phi) is 4.29. The number of anilines is 1. The van der Waals surface area contributed by atoms with E-state index in [1.54, 1.807) is 0 Å². The molecule has 5 heteroatoms. The Morgan fingerprint density at radius 1 is 1.38 bits per heavy atom. The standard InChI is InChI=1S/C21H28N4O/c1-13(2)18-11-25(8-7-23-18)20-16(10-22)15-9-21(3,4)26-12-17(15)19(24-20)14-5-6-14/h14,18,23H,1,5-9,11-12H2,2-4H3. The van der Waals surface area contributed by atoms with Crippen molar-refractivity contribution in [3.63, 3.8) is 0 Å². The van der Waals surface area contributed by atoms with E-state index < -0.39 is 0 Å². The maximum atomic E-state index is 10.0. The van der Waals surface area contributed by atoms with E-state index in [0.29, 0.717) is 12.5 Å². The fourth-order valence-corrected chi connectivity index (χ4v) is 4.09. The zero-order valence-corrected chi connectivity index (χ0v) is 16.1. The molecule has 0 amide bonds. The molecule has 0 radical (unpaired) electrons. The second-order valence-electron chi connectivity index (χ2n) is 8.56. The van der Waals surface area contributed by atoms with Gasteiger partial charge in [-0.05, 0) is 39.2 Å². The molecule has 0 spiro atoms. The van der Waals surface area contributed by atoms with Gasteiger partial charge in [-0.1, -0.05) is 12.2 Å². The van der Waals surface area contributed by atoms with Gasteiger partial charge in [-0.3, -0.25) is 0 Å². The Morgan fingerprint density at radius 3 is 2.81 bits per heavy atom. The molecule has 1 unspecified atom stereocenters. The minimum absolute atomic E-state index is 0.234. The summed E-state index contributed by atoms with van der Waals surface area (Å²) in [4.78, 5) is 7.33. The highest BCUT2D eigenvalue weighted by Gasteiger charge is 2.37. The minimum Gasteiger partial charge on any atom is -0.370 e. The first-order valence-electron chi connectivity index (χ1n) is 9.63. The third-order valence-electron chi connectivity index (χ3n) is 5.78. The molecule has 1 saturated carbocycles. The number of ether oxygens (including phenoxy) is 1. The van der Waals surface area contributed by atoms with Crippen LogP contribution in [0.5, 0.6) is 0 Å². The number of hydrogen-bond acceptors (Lipinski definition) is 5. The molecule has 0 bridgehead atoms. The summed E-state index contributed by atoms with van der Waals surface area (Å²) in [6.07, 6.45) is 3.17. The Labute approximate surface area is 156 Å². The summed E-state index contributed by atoms with van der Waals surface area (Å²) in [5.74, 6) is 1.42. The maximum Gasteiger partial charge on any atom is 0.147 e. The lowest BCUT2D eigenvalue weighted by Gasteiger charge is -2.38. The van der Waals surface area contributed by atoms with Gasteiger partial charge in [-0.15, -0.1) is 0 Å². The first-order valence-corrected chi connectivity index (χ1v) is 9.63. The Balaban J connectivity index is 1.81. The molecule has 1 N–H and O–H groups in total. The van der Waals surface area contributed by atoms with Crippen LogP contribution < -0.4 is 10.2 Å². The van der Waals surface area contributed by atoms with Gasteiger partial charge in [-0.2, -0.15) is 5.26 Å². The van der Waals surface area contributed by atoms with Crippen LogP contribution in [0.2, 0.25) is 0 Å². The minimum atomic E-state index is -0.234. The topological polar surface area (TPSA) is 61.2 Å². The van der Waals surface area contributed by atoms with Gasteiger partial charge in [0.15, 0.2) is 0 Å². The highest BCUT2D eigenvalue weighted by molar-refractivity contribution is 5.63. The Bertz CT molecular complexity index is 788. The first-order chi connectivity index (χ1) is 12.4. The van der Waals surface area contributed by atoms with Crippen LogP contribution in [0.15, 0.2) is 12.2 Å².